The van der Waals surface area contributed by atoms with Gasteiger partial charge in [0.05, 0.1) is 12.3 Å². The molecule has 2 aromatic carbocycles. The largest absolute Gasteiger partial charge is 0.489 e. The van der Waals surface area contributed by atoms with Crippen LogP contribution in [0.4, 0.5) is 19.7 Å². The van der Waals surface area contributed by atoms with E-state index in [2.05, 4.69) is 5.32 Å². The van der Waals surface area contributed by atoms with Crippen molar-refractivity contribution in [2.45, 2.75) is 26.4 Å². The zero-order valence-corrected chi connectivity index (χ0v) is 17.3. The standard InChI is InChI=1S/C21H23ClFN3O4/c1-2-29-21(28)26-12-4-3-11-25(26)20(27)24-19-10-9-17(13-18(19)23)30-14-15-5-7-16(22)8-6-15/h5-10,13H,2-4,11-12,14H2,1H3,(H,24,27). The van der Waals surface area contributed by atoms with Gasteiger partial charge in [-0.1, -0.05) is 23.7 Å². The zero-order valence-electron chi connectivity index (χ0n) is 16.6. The van der Waals surface area contributed by atoms with Crippen LogP contribution in [0.15, 0.2) is 42.5 Å². The molecule has 1 aliphatic rings. The summed E-state index contributed by atoms with van der Waals surface area (Å²) in [5.74, 6) is -0.316. The van der Waals surface area contributed by atoms with Crippen molar-refractivity contribution in [3.05, 3.63) is 58.9 Å². The fraction of sp³-hybridized carbons (Fsp3) is 0.333. The molecule has 2 aromatic rings. The lowest BCUT2D eigenvalue weighted by atomic mass is 10.2. The van der Waals surface area contributed by atoms with E-state index in [0.717, 1.165) is 18.4 Å². The van der Waals surface area contributed by atoms with Crippen LogP contribution in [-0.2, 0) is 11.3 Å². The second kappa shape index (κ2) is 10.2. The number of nitrogens with one attached hydrogen (secondary N) is 1. The normalized spacial score (nSPS) is 13.7. The first kappa shape index (κ1) is 21.7. The zero-order chi connectivity index (χ0) is 21.5. The van der Waals surface area contributed by atoms with Crippen LogP contribution in [0.3, 0.4) is 0 Å². The number of benzene rings is 2. The summed E-state index contributed by atoms with van der Waals surface area (Å²) in [5.41, 5.74) is 0.884. The van der Waals surface area contributed by atoms with Crippen LogP contribution < -0.4 is 10.1 Å². The van der Waals surface area contributed by atoms with E-state index in [-0.39, 0.29) is 18.9 Å². The van der Waals surface area contributed by atoms with Crippen LogP contribution in [-0.4, -0.2) is 41.8 Å². The maximum Gasteiger partial charge on any atom is 0.428 e. The molecule has 0 aromatic heterocycles. The molecule has 0 bridgehead atoms. The Bertz CT molecular complexity index is 894. The Morgan fingerprint density at radius 3 is 2.47 bits per heavy atom. The lowest BCUT2D eigenvalue weighted by Crippen LogP contribution is -2.54. The number of nitrogens with zero attached hydrogens (tertiary/aromatic N) is 2. The van der Waals surface area contributed by atoms with Crippen molar-refractivity contribution in [1.82, 2.24) is 10.0 Å². The molecular weight excluding hydrogens is 413 g/mol. The Morgan fingerprint density at radius 2 is 1.80 bits per heavy atom. The smallest absolute Gasteiger partial charge is 0.428 e. The summed E-state index contributed by atoms with van der Waals surface area (Å²) in [7, 11) is 0. The van der Waals surface area contributed by atoms with E-state index in [9.17, 15) is 14.0 Å². The second-order valence-corrected chi connectivity index (χ2v) is 7.08. The van der Waals surface area contributed by atoms with Gasteiger partial charge in [-0.25, -0.2) is 24.0 Å². The molecule has 7 nitrogen and oxygen atoms in total. The molecule has 1 saturated heterocycles. The minimum atomic E-state index is -0.642. The van der Waals surface area contributed by atoms with E-state index in [1.807, 2.05) is 12.1 Å². The molecule has 3 amide bonds. The topological polar surface area (TPSA) is 71.1 Å². The molecule has 9 heteroatoms. The molecule has 1 heterocycles. The third-order valence-corrected chi connectivity index (χ3v) is 4.75. The van der Waals surface area contributed by atoms with Gasteiger partial charge in [0.15, 0.2) is 0 Å². The minimum Gasteiger partial charge on any atom is -0.489 e. The summed E-state index contributed by atoms with van der Waals surface area (Å²) in [6, 6.07) is 10.7. The molecule has 0 aliphatic carbocycles. The highest BCUT2D eigenvalue weighted by Gasteiger charge is 2.30. The molecule has 1 N–H and O–H groups in total. The predicted molar refractivity (Wildman–Crippen MR) is 111 cm³/mol. The van der Waals surface area contributed by atoms with Gasteiger partial charge < -0.3 is 14.8 Å². The van der Waals surface area contributed by atoms with Crippen molar-refractivity contribution in [2.75, 3.05) is 25.0 Å². The van der Waals surface area contributed by atoms with Crippen LogP contribution in [0.1, 0.15) is 25.3 Å². The van der Waals surface area contributed by atoms with Gasteiger partial charge in [0, 0.05) is 24.2 Å². The summed E-state index contributed by atoms with van der Waals surface area (Å²) < 4.78 is 25.1. The number of carbonyl (C=O) groups is 2. The number of rotatable bonds is 5. The quantitative estimate of drug-likeness (QED) is 0.712. The predicted octanol–water partition coefficient (Wildman–Crippen LogP) is 5.06. The molecule has 160 valence electrons. The average Bonchev–Trinajstić information content (AvgIpc) is 2.75. The number of anilines is 1. The van der Waals surface area contributed by atoms with E-state index in [1.54, 1.807) is 25.1 Å². The molecular formula is C21H23ClFN3O4. The van der Waals surface area contributed by atoms with Gasteiger partial charge in [-0.2, -0.15) is 0 Å². The van der Waals surface area contributed by atoms with Gasteiger partial charge >= 0.3 is 12.1 Å². The number of hydrazine groups is 1. The molecule has 0 spiro atoms. The van der Waals surface area contributed by atoms with E-state index in [0.29, 0.717) is 23.9 Å². The third kappa shape index (κ3) is 5.54. The second-order valence-electron chi connectivity index (χ2n) is 6.64. The maximum absolute atomic E-state index is 14.5. The molecule has 3 rings (SSSR count). The summed E-state index contributed by atoms with van der Waals surface area (Å²) in [6.45, 7) is 2.86. The molecule has 0 saturated carbocycles. The summed E-state index contributed by atoms with van der Waals surface area (Å²) in [4.78, 5) is 24.7. The first-order valence-electron chi connectivity index (χ1n) is 9.67. The van der Waals surface area contributed by atoms with Gasteiger partial charge in [0.2, 0.25) is 0 Å². The van der Waals surface area contributed by atoms with Gasteiger partial charge in [-0.3, -0.25) is 0 Å². The Kier molecular flexibility index (Phi) is 7.35. The maximum atomic E-state index is 14.5. The van der Waals surface area contributed by atoms with Gasteiger partial charge in [0.1, 0.15) is 18.2 Å². The highest BCUT2D eigenvalue weighted by atomic mass is 35.5. The number of halogens is 2. The summed E-state index contributed by atoms with van der Waals surface area (Å²) >= 11 is 5.85. The molecule has 0 atom stereocenters. The number of amides is 3. The minimum absolute atomic E-state index is 0.00627. The van der Waals surface area contributed by atoms with E-state index >= 15 is 0 Å². The molecule has 0 unspecified atom stereocenters. The molecule has 0 radical (unpaired) electrons. The van der Waals surface area contributed by atoms with Crippen molar-refractivity contribution in [3.8, 4) is 5.75 Å². The Morgan fingerprint density at radius 1 is 1.10 bits per heavy atom. The third-order valence-electron chi connectivity index (χ3n) is 4.50. The lowest BCUT2D eigenvalue weighted by molar-refractivity contribution is -0.00726. The van der Waals surface area contributed by atoms with Gasteiger partial charge in [-0.15, -0.1) is 0 Å². The fourth-order valence-corrected chi connectivity index (χ4v) is 3.10. The monoisotopic (exact) mass is 435 g/mol. The lowest BCUT2D eigenvalue weighted by Gasteiger charge is -2.37. The van der Waals surface area contributed by atoms with Crippen LogP contribution in [0.2, 0.25) is 5.02 Å². The Balaban J connectivity index is 1.62. The fourth-order valence-electron chi connectivity index (χ4n) is 2.98. The van der Waals surface area contributed by atoms with Gasteiger partial charge in [-0.05, 0) is 49.6 Å². The first-order chi connectivity index (χ1) is 14.5. The summed E-state index contributed by atoms with van der Waals surface area (Å²) in [5, 5.41) is 5.61. The highest BCUT2D eigenvalue weighted by molar-refractivity contribution is 6.30. The average molecular weight is 436 g/mol. The van der Waals surface area contributed by atoms with Crippen molar-refractivity contribution in [3.63, 3.8) is 0 Å². The number of hydrogen-bond donors (Lipinski definition) is 1. The van der Waals surface area contributed by atoms with Crippen LogP contribution >= 0.6 is 11.6 Å². The Hall–Kier alpha value is -3.00. The Labute approximate surface area is 179 Å². The van der Waals surface area contributed by atoms with Crippen LogP contribution in [0.5, 0.6) is 5.75 Å². The first-order valence-corrected chi connectivity index (χ1v) is 10.0. The molecule has 30 heavy (non-hydrogen) atoms. The SMILES string of the molecule is CCOC(=O)N1CCCCN1C(=O)Nc1ccc(OCc2ccc(Cl)cc2)cc1F. The van der Waals surface area contributed by atoms with Crippen molar-refractivity contribution in [2.24, 2.45) is 0 Å². The molecule has 1 aliphatic heterocycles. The number of ether oxygens (including phenoxy) is 2. The highest BCUT2D eigenvalue weighted by Crippen LogP contribution is 2.23. The van der Waals surface area contributed by atoms with Crippen LogP contribution in [0.25, 0.3) is 0 Å². The summed E-state index contributed by atoms with van der Waals surface area (Å²) in [6.07, 6.45) is 0.902. The van der Waals surface area contributed by atoms with Crippen molar-refractivity contribution < 1.29 is 23.5 Å². The van der Waals surface area contributed by atoms with Crippen molar-refractivity contribution in [1.29, 1.82) is 0 Å². The number of carbonyl (C=O) groups excluding carboxylic acids is 2. The molecule has 1 fully saturated rings. The van der Waals surface area contributed by atoms with Crippen molar-refractivity contribution >= 4 is 29.4 Å². The van der Waals surface area contributed by atoms with E-state index in [1.165, 1.54) is 22.2 Å². The van der Waals surface area contributed by atoms with Crippen LogP contribution in [0, 0.1) is 5.82 Å². The van der Waals surface area contributed by atoms with Gasteiger partial charge in [0.25, 0.3) is 0 Å². The number of hydrogen-bond acceptors (Lipinski definition) is 4. The number of urea groups is 1. The van der Waals surface area contributed by atoms with E-state index in [4.69, 9.17) is 21.1 Å². The van der Waals surface area contributed by atoms with E-state index < -0.39 is 17.9 Å².